The van der Waals surface area contributed by atoms with E-state index in [1.54, 1.807) is 18.2 Å². The summed E-state index contributed by atoms with van der Waals surface area (Å²) in [4.78, 5) is 0. The Labute approximate surface area is 270 Å². The molecule has 0 aliphatic carbocycles. The molecule has 10 heteroatoms. The molecular formula is C36H30BClF2N2O4. The van der Waals surface area contributed by atoms with E-state index < -0.39 is 18.3 Å². The molecule has 0 amide bonds. The van der Waals surface area contributed by atoms with Crippen molar-refractivity contribution in [3.8, 4) is 34.0 Å². The second-order valence-electron chi connectivity index (χ2n) is 12.8. The molecule has 1 saturated heterocycles. The zero-order valence-electron chi connectivity index (χ0n) is 25.7. The molecule has 3 aliphatic heterocycles. The van der Waals surface area contributed by atoms with E-state index in [2.05, 4.69) is 0 Å². The molecule has 0 saturated carbocycles. The zero-order valence-corrected chi connectivity index (χ0v) is 26.5. The number of nitrogens with zero attached hydrogens (tertiary/aromatic N) is 2. The molecule has 0 radical (unpaired) electrons. The van der Waals surface area contributed by atoms with Crippen LogP contribution in [0.1, 0.15) is 27.7 Å². The van der Waals surface area contributed by atoms with Crippen molar-refractivity contribution in [2.75, 3.05) is 0 Å². The molecule has 0 bridgehead atoms. The standard InChI is InChI=1S/C21H21BFNO3.C15H9ClFNO/c1-20(2)21(3,4)27-22(26-20)13-8-9-19-15(10-13)18-11-14-16(23)6-5-7-17(14)24(18)12-25-19;16-9-4-5-15-11(6-9)14-7-10-12(17)2-1-3-13(10)18(14)8-19-15/h5-11H,12H2,1-4H3;1-7H,8H2. The van der Waals surface area contributed by atoms with Crippen molar-refractivity contribution in [2.45, 2.75) is 52.4 Å². The number of hydrogen-bond donors (Lipinski definition) is 0. The van der Waals surface area contributed by atoms with Crippen molar-refractivity contribution in [2.24, 2.45) is 0 Å². The van der Waals surface area contributed by atoms with Crippen LogP contribution < -0.4 is 14.9 Å². The second-order valence-corrected chi connectivity index (χ2v) is 13.2. The number of fused-ring (bicyclic) bond motifs is 10. The first-order valence-electron chi connectivity index (χ1n) is 15.1. The highest BCUT2D eigenvalue weighted by atomic mass is 35.5. The van der Waals surface area contributed by atoms with Crippen LogP contribution in [0.2, 0.25) is 5.02 Å². The summed E-state index contributed by atoms with van der Waals surface area (Å²) in [7, 11) is -0.447. The van der Waals surface area contributed by atoms with Gasteiger partial charge in [-0.05, 0) is 99.9 Å². The zero-order chi connectivity index (χ0) is 32.0. The van der Waals surface area contributed by atoms with E-state index in [1.165, 1.54) is 12.1 Å². The van der Waals surface area contributed by atoms with E-state index in [1.807, 2.05) is 91.4 Å². The quantitative estimate of drug-likeness (QED) is 0.169. The van der Waals surface area contributed by atoms with Gasteiger partial charge in [0.2, 0.25) is 0 Å². The van der Waals surface area contributed by atoms with Gasteiger partial charge in [0.1, 0.15) is 23.1 Å². The Kier molecular flexibility index (Phi) is 6.55. The lowest BCUT2D eigenvalue weighted by atomic mass is 9.78. The Bertz CT molecular complexity index is 2170. The van der Waals surface area contributed by atoms with E-state index in [4.69, 9.17) is 30.4 Å². The molecule has 0 N–H and O–H groups in total. The molecule has 0 atom stereocenters. The molecule has 6 nitrogen and oxygen atoms in total. The lowest BCUT2D eigenvalue weighted by Gasteiger charge is -2.32. The third-order valence-corrected chi connectivity index (χ3v) is 9.74. The lowest BCUT2D eigenvalue weighted by molar-refractivity contribution is 0.00578. The largest absolute Gasteiger partial charge is 0.494 e. The van der Waals surface area contributed by atoms with E-state index >= 15 is 0 Å². The van der Waals surface area contributed by atoms with Crippen molar-refractivity contribution in [1.82, 2.24) is 9.13 Å². The summed E-state index contributed by atoms with van der Waals surface area (Å²) in [6.07, 6.45) is 0. The maximum absolute atomic E-state index is 14.3. The fraction of sp³-hybridized carbons (Fsp3) is 0.222. The maximum atomic E-state index is 14.3. The Hall–Kier alpha value is -4.31. The first kappa shape index (κ1) is 29.1. The predicted octanol–water partition coefficient (Wildman–Crippen LogP) is 8.55. The SMILES string of the molecule is CC1(C)OB(c2ccc3c(c2)-c2cc4c(F)cccc4n2CO3)OC1(C)C.Fc1cccc2c1cc1n2COc2ccc(Cl)cc2-1. The molecule has 46 heavy (non-hydrogen) atoms. The van der Waals surface area contributed by atoms with Crippen molar-refractivity contribution >= 4 is 46.0 Å². The minimum absolute atomic E-state index is 0.219. The normalized spacial score (nSPS) is 16.9. The summed E-state index contributed by atoms with van der Waals surface area (Å²) < 4.78 is 56.0. The average Bonchev–Trinajstić information content (AvgIpc) is 3.67. The van der Waals surface area contributed by atoms with Crippen LogP contribution in [-0.4, -0.2) is 27.5 Å². The Morgan fingerprint density at radius 2 is 1.15 bits per heavy atom. The van der Waals surface area contributed by atoms with Gasteiger partial charge in [-0.2, -0.15) is 0 Å². The molecule has 232 valence electrons. The van der Waals surface area contributed by atoms with Crippen molar-refractivity contribution in [3.05, 3.63) is 102 Å². The molecule has 4 aromatic carbocycles. The molecule has 0 unspecified atom stereocenters. The number of aromatic nitrogens is 2. The van der Waals surface area contributed by atoms with Gasteiger partial charge < -0.3 is 27.9 Å². The van der Waals surface area contributed by atoms with Crippen LogP contribution in [0, 0.1) is 11.6 Å². The lowest BCUT2D eigenvalue weighted by Crippen LogP contribution is -2.41. The van der Waals surface area contributed by atoms with Crippen LogP contribution in [0.25, 0.3) is 44.3 Å². The monoisotopic (exact) mass is 638 g/mol. The third kappa shape index (κ3) is 4.52. The van der Waals surface area contributed by atoms with Crippen LogP contribution >= 0.6 is 11.6 Å². The average molecular weight is 639 g/mol. The van der Waals surface area contributed by atoms with Gasteiger partial charge in [0.15, 0.2) is 13.5 Å². The van der Waals surface area contributed by atoms with Gasteiger partial charge >= 0.3 is 7.12 Å². The van der Waals surface area contributed by atoms with Crippen LogP contribution in [-0.2, 0) is 22.8 Å². The third-order valence-electron chi connectivity index (χ3n) is 9.51. The fourth-order valence-electron chi connectivity index (χ4n) is 6.32. The van der Waals surface area contributed by atoms with Gasteiger partial charge in [-0.15, -0.1) is 0 Å². The summed E-state index contributed by atoms with van der Waals surface area (Å²) in [6.45, 7) is 8.90. The Morgan fingerprint density at radius 1 is 0.652 bits per heavy atom. The smallest absolute Gasteiger partial charge is 0.472 e. The minimum Gasteiger partial charge on any atom is -0.472 e. The topological polar surface area (TPSA) is 46.8 Å². The first-order valence-corrected chi connectivity index (χ1v) is 15.5. The molecule has 5 heterocycles. The summed E-state index contributed by atoms with van der Waals surface area (Å²) in [5, 5.41) is 1.85. The highest BCUT2D eigenvalue weighted by molar-refractivity contribution is 6.62. The molecule has 2 aromatic heterocycles. The highest BCUT2D eigenvalue weighted by Gasteiger charge is 2.51. The van der Waals surface area contributed by atoms with Crippen LogP contribution in [0.4, 0.5) is 8.78 Å². The number of rotatable bonds is 1. The number of halogens is 3. The number of benzene rings is 4. The Balaban J connectivity index is 0.000000144. The summed E-state index contributed by atoms with van der Waals surface area (Å²) in [6, 6.07) is 25.3. The van der Waals surface area contributed by atoms with E-state index in [0.717, 1.165) is 50.5 Å². The fourth-order valence-corrected chi connectivity index (χ4v) is 6.49. The molecule has 1 fully saturated rings. The van der Waals surface area contributed by atoms with E-state index in [0.29, 0.717) is 29.3 Å². The summed E-state index contributed by atoms with van der Waals surface area (Å²) >= 11 is 6.03. The first-order chi connectivity index (χ1) is 22.0. The van der Waals surface area contributed by atoms with Crippen LogP contribution in [0.5, 0.6) is 11.5 Å². The van der Waals surface area contributed by atoms with Gasteiger partial charge in [-0.1, -0.05) is 29.8 Å². The van der Waals surface area contributed by atoms with Gasteiger partial charge in [0.25, 0.3) is 0 Å². The molecular weight excluding hydrogens is 609 g/mol. The van der Waals surface area contributed by atoms with Crippen molar-refractivity contribution < 1.29 is 27.6 Å². The van der Waals surface area contributed by atoms with Crippen LogP contribution in [0.15, 0.2) is 84.9 Å². The minimum atomic E-state index is -0.447. The van der Waals surface area contributed by atoms with Crippen molar-refractivity contribution in [3.63, 3.8) is 0 Å². The molecule has 6 aromatic rings. The van der Waals surface area contributed by atoms with E-state index in [9.17, 15) is 8.78 Å². The molecule has 9 rings (SSSR count). The molecule has 0 spiro atoms. The van der Waals surface area contributed by atoms with Crippen molar-refractivity contribution in [1.29, 1.82) is 0 Å². The van der Waals surface area contributed by atoms with Gasteiger partial charge in [-0.3, -0.25) is 0 Å². The summed E-state index contributed by atoms with van der Waals surface area (Å²) in [5.74, 6) is 1.12. The van der Waals surface area contributed by atoms with Crippen LogP contribution in [0.3, 0.4) is 0 Å². The molecule has 3 aliphatic rings. The van der Waals surface area contributed by atoms with Gasteiger partial charge in [0.05, 0.1) is 33.6 Å². The van der Waals surface area contributed by atoms with Gasteiger partial charge in [0, 0.05) is 26.9 Å². The number of hydrogen-bond acceptors (Lipinski definition) is 4. The highest BCUT2D eigenvalue weighted by Crippen LogP contribution is 2.42. The summed E-state index contributed by atoms with van der Waals surface area (Å²) in [5.41, 5.74) is 5.48. The van der Waals surface area contributed by atoms with E-state index in [-0.39, 0.29) is 11.6 Å². The van der Waals surface area contributed by atoms with Gasteiger partial charge in [-0.25, -0.2) is 8.78 Å². The second kappa shape index (κ2) is 10.4. The Morgan fingerprint density at radius 3 is 1.70 bits per heavy atom. The number of ether oxygens (including phenoxy) is 2. The maximum Gasteiger partial charge on any atom is 0.494 e. The predicted molar refractivity (Wildman–Crippen MR) is 177 cm³/mol.